The zero-order valence-corrected chi connectivity index (χ0v) is 14.5. The van der Waals surface area contributed by atoms with Gasteiger partial charge in [0.1, 0.15) is 5.00 Å². The molecular weight excluding hydrogens is 340 g/mol. The van der Waals surface area contributed by atoms with Gasteiger partial charge in [-0.05, 0) is 17.2 Å². The fourth-order valence-electron chi connectivity index (χ4n) is 2.71. The number of hydrogen-bond acceptors (Lipinski definition) is 5. The van der Waals surface area contributed by atoms with E-state index in [0.717, 1.165) is 43.3 Å². The second-order valence-electron chi connectivity index (χ2n) is 5.79. The van der Waals surface area contributed by atoms with E-state index in [1.807, 2.05) is 12.1 Å². The molecule has 1 aromatic heterocycles. The van der Waals surface area contributed by atoms with Crippen LogP contribution in [-0.2, 0) is 11.3 Å². The van der Waals surface area contributed by atoms with E-state index in [9.17, 15) is 9.59 Å². The SMILES string of the molecule is NC(=O)Nc1sc(-c2ccc(CN3CCOCC3)cc2)cc1C(N)=O. The maximum absolute atomic E-state index is 11.5. The van der Waals surface area contributed by atoms with Gasteiger partial charge in [-0.2, -0.15) is 0 Å². The Hall–Kier alpha value is -2.42. The van der Waals surface area contributed by atoms with Crippen LogP contribution in [0.5, 0.6) is 0 Å². The van der Waals surface area contributed by atoms with Gasteiger partial charge in [0.25, 0.3) is 5.91 Å². The van der Waals surface area contributed by atoms with Gasteiger partial charge in [-0.25, -0.2) is 4.79 Å². The Bertz CT molecular complexity index is 767. The van der Waals surface area contributed by atoms with Crippen molar-refractivity contribution in [2.75, 3.05) is 31.6 Å². The molecule has 8 heteroatoms. The first kappa shape index (κ1) is 17.4. The molecule has 0 aliphatic carbocycles. The predicted octanol–water partition coefficient (Wildman–Crippen LogP) is 1.84. The van der Waals surface area contributed by atoms with E-state index in [1.54, 1.807) is 6.07 Å². The maximum atomic E-state index is 11.5. The van der Waals surface area contributed by atoms with Crippen LogP contribution in [-0.4, -0.2) is 43.1 Å². The fraction of sp³-hybridized carbons (Fsp3) is 0.294. The molecule has 25 heavy (non-hydrogen) atoms. The molecule has 0 radical (unpaired) electrons. The Morgan fingerprint density at radius 2 is 1.84 bits per heavy atom. The van der Waals surface area contributed by atoms with E-state index in [4.69, 9.17) is 16.2 Å². The molecule has 2 heterocycles. The first-order chi connectivity index (χ1) is 12.0. The van der Waals surface area contributed by atoms with Gasteiger partial charge in [-0.1, -0.05) is 24.3 Å². The molecule has 132 valence electrons. The van der Waals surface area contributed by atoms with Crippen LogP contribution in [0, 0.1) is 0 Å². The number of nitrogens with two attached hydrogens (primary N) is 2. The highest BCUT2D eigenvalue weighted by molar-refractivity contribution is 7.20. The fourth-order valence-corrected chi connectivity index (χ4v) is 3.78. The molecular formula is C17H20N4O3S. The number of benzene rings is 1. The predicted molar refractivity (Wildman–Crippen MR) is 97.6 cm³/mol. The van der Waals surface area contributed by atoms with Gasteiger partial charge in [0, 0.05) is 24.5 Å². The minimum Gasteiger partial charge on any atom is -0.379 e. The zero-order valence-electron chi connectivity index (χ0n) is 13.7. The van der Waals surface area contributed by atoms with Crippen LogP contribution in [0.2, 0.25) is 0 Å². The molecule has 1 saturated heterocycles. The molecule has 7 nitrogen and oxygen atoms in total. The third-order valence-corrected chi connectivity index (χ3v) is 5.08. The highest BCUT2D eigenvalue weighted by atomic mass is 32.1. The summed E-state index contributed by atoms with van der Waals surface area (Å²) >= 11 is 1.27. The Kier molecular flexibility index (Phi) is 5.32. The second kappa shape index (κ2) is 7.64. The van der Waals surface area contributed by atoms with E-state index in [2.05, 4.69) is 22.3 Å². The summed E-state index contributed by atoms with van der Waals surface area (Å²) in [5.41, 5.74) is 12.9. The number of rotatable bonds is 5. The Balaban J connectivity index is 1.77. The van der Waals surface area contributed by atoms with E-state index in [0.29, 0.717) is 5.00 Å². The number of nitrogens with one attached hydrogen (secondary N) is 1. The molecule has 1 aliphatic rings. The summed E-state index contributed by atoms with van der Waals surface area (Å²) in [6.45, 7) is 4.32. The topological polar surface area (TPSA) is 111 Å². The normalized spacial score (nSPS) is 15.0. The minimum atomic E-state index is -0.725. The lowest BCUT2D eigenvalue weighted by Crippen LogP contribution is -2.35. The van der Waals surface area contributed by atoms with Crippen LogP contribution < -0.4 is 16.8 Å². The average molecular weight is 360 g/mol. The number of nitrogens with zero attached hydrogens (tertiary/aromatic N) is 1. The molecule has 3 amide bonds. The van der Waals surface area contributed by atoms with Crippen molar-refractivity contribution in [1.29, 1.82) is 0 Å². The van der Waals surface area contributed by atoms with E-state index in [1.165, 1.54) is 16.9 Å². The van der Waals surface area contributed by atoms with Crippen LogP contribution in [0.4, 0.5) is 9.80 Å². The van der Waals surface area contributed by atoms with Crippen LogP contribution in [0.1, 0.15) is 15.9 Å². The van der Waals surface area contributed by atoms with Crippen molar-refractivity contribution in [3.63, 3.8) is 0 Å². The monoisotopic (exact) mass is 360 g/mol. The molecule has 0 bridgehead atoms. The smallest absolute Gasteiger partial charge is 0.317 e. The van der Waals surface area contributed by atoms with E-state index in [-0.39, 0.29) is 5.56 Å². The summed E-state index contributed by atoms with van der Waals surface area (Å²) in [5, 5.41) is 2.82. The van der Waals surface area contributed by atoms with Gasteiger partial charge in [0.05, 0.1) is 18.8 Å². The van der Waals surface area contributed by atoms with Gasteiger partial charge in [0.15, 0.2) is 0 Å². The first-order valence-electron chi connectivity index (χ1n) is 7.92. The largest absolute Gasteiger partial charge is 0.379 e. The number of hydrogen-bond donors (Lipinski definition) is 3. The molecule has 0 spiro atoms. The van der Waals surface area contributed by atoms with Crippen LogP contribution in [0.15, 0.2) is 30.3 Å². The van der Waals surface area contributed by atoms with Crippen LogP contribution >= 0.6 is 11.3 Å². The van der Waals surface area contributed by atoms with Crippen molar-refractivity contribution in [2.24, 2.45) is 11.5 Å². The third kappa shape index (κ3) is 4.36. The molecule has 2 aromatic rings. The highest BCUT2D eigenvalue weighted by Crippen LogP contribution is 2.35. The van der Waals surface area contributed by atoms with Crippen molar-refractivity contribution in [3.05, 3.63) is 41.5 Å². The molecule has 0 atom stereocenters. The molecule has 1 aliphatic heterocycles. The molecule has 0 saturated carbocycles. The summed E-state index contributed by atoms with van der Waals surface area (Å²) in [6.07, 6.45) is 0. The highest BCUT2D eigenvalue weighted by Gasteiger charge is 2.16. The number of urea groups is 1. The molecule has 5 N–H and O–H groups in total. The van der Waals surface area contributed by atoms with E-state index >= 15 is 0 Å². The van der Waals surface area contributed by atoms with Crippen molar-refractivity contribution in [2.45, 2.75) is 6.54 Å². The minimum absolute atomic E-state index is 0.260. The average Bonchev–Trinajstić information content (AvgIpc) is 3.00. The number of primary amides is 2. The Labute approximate surface area is 149 Å². The van der Waals surface area contributed by atoms with Gasteiger partial charge >= 0.3 is 6.03 Å². The number of ether oxygens (including phenoxy) is 1. The lowest BCUT2D eigenvalue weighted by molar-refractivity contribution is 0.0342. The van der Waals surface area contributed by atoms with Crippen LogP contribution in [0.25, 0.3) is 10.4 Å². The standard InChI is InChI=1S/C17H20N4O3S/c18-15(22)13-9-14(25-16(13)20-17(19)23)12-3-1-11(2-4-12)10-21-5-7-24-8-6-21/h1-4,9H,5-8,10H2,(H2,18,22)(H3,19,20,23). The van der Waals surface area contributed by atoms with Gasteiger partial charge in [-0.3, -0.25) is 15.0 Å². The first-order valence-corrected chi connectivity index (χ1v) is 8.74. The van der Waals surface area contributed by atoms with Crippen molar-refractivity contribution in [3.8, 4) is 10.4 Å². The Morgan fingerprint density at radius 1 is 1.16 bits per heavy atom. The number of carbonyl (C=O) groups excluding carboxylic acids is 2. The van der Waals surface area contributed by atoms with E-state index < -0.39 is 11.9 Å². The molecule has 3 rings (SSSR count). The van der Waals surface area contributed by atoms with Gasteiger partial charge in [0.2, 0.25) is 0 Å². The van der Waals surface area contributed by atoms with Gasteiger partial charge in [-0.15, -0.1) is 11.3 Å². The number of anilines is 1. The number of amides is 3. The summed E-state index contributed by atoms with van der Waals surface area (Å²) in [6, 6.07) is 9.08. The lowest BCUT2D eigenvalue weighted by Gasteiger charge is -2.26. The zero-order chi connectivity index (χ0) is 17.8. The van der Waals surface area contributed by atoms with Crippen molar-refractivity contribution < 1.29 is 14.3 Å². The van der Waals surface area contributed by atoms with Crippen LogP contribution in [0.3, 0.4) is 0 Å². The summed E-state index contributed by atoms with van der Waals surface area (Å²) < 4.78 is 5.36. The summed E-state index contributed by atoms with van der Waals surface area (Å²) in [5.74, 6) is -0.602. The molecule has 1 fully saturated rings. The van der Waals surface area contributed by atoms with Gasteiger partial charge < -0.3 is 16.2 Å². The molecule has 0 unspecified atom stereocenters. The second-order valence-corrected chi connectivity index (χ2v) is 6.84. The number of carbonyl (C=O) groups is 2. The number of thiophene rings is 1. The maximum Gasteiger partial charge on any atom is 0.317 e. The summed E-state index contributed by atoms with van der Waals surface area (Å²) in [4.78, 5) is 25.8. The quantitative estimate of drug-likeness (QED) is 0.755. The van der Waals surface area contributed by atoms with Crippen molar-refractivity contribution >= 4 is 28.3 Å². The lowest BCUT2D eigenvalue weighted by atomic mass is 10.1. The Morgan fingerprint density at radius 3 is 2.44 bits per heavy atom. The molecule has 1 aromatic carbocycles. The third-order valence-electron chi connectivity index (χ3n) is 3.98. The van der Waals surface area contributed by atoms with Crippen molar-refractivity contribution in [1.82, 2.24) is 4.90 Å². The summed E-state index contributed by atoms with van der Waals surface area (Å²) in [7, 11) is 0. The number of morpholine rings is 1.